The van der Waals surface area contributed by atoms with E-state index in [1.165, 1.54) is 0 Å². The van der Waals surface area contributed by atoms with Crippen LogP contribution in [-0.4, -0.2) is 40.1 Å². The fourth-order valence-corrected chi connectivity index (χ4v) is 2.53. The normalized spacial score (nSPS) is 9.62. The molecule has 29 heavy (non-hydrogen) atoms. The Morgan fingerprint density at radius 1 is 1.07 bits per heavy atom. The van der Waals surface area contributed by atoms with Gasteiger partial charge in [-0.3, -0.25) is 0 Å². The Bertz CT molecular complexity index is 908. The molecule has 0 N–H and O–H groups in total. The Balaban J connectivity index is 0.000000989. The smallest absolute Gasteiger partial charge is 0.213 e. The predicted molar refractivity (Wildman–Crippen MR) is 123 cm³/mol. The fourth-order valence-electron chi connectivity index (χ4n) is 2.53. The van der Waals surface area contributed by atoms with Crippen LogP contribution >= 0.6 is 0 Å². The van der Waals surface area contributed by atoms with Crippen molar-refractivity contribution in [3.63, 3.8) is 0 Å². The number of rotatable bonds is 6. The average Bonchev–Trinajstić information content (AvgIpc) is 2.76. The van der Waals surface area contributed by atoms with Gasteiger partial charge in [0.15, 0.2) is 0 Å². The molecule has 0 spiro atoms. The summed E-state index contributed by atoms with van der Waals surface area (Å²) in [5, 5.41) is 1.03. The Morgan fingerprint density at radius 3 is 2.45 bits per heavy atom. The molecule has 0 aliphatic rings. The molecule has 3 aromatic rings. The van der Waals surface area contributed by atoms with Crippen LogP contribution in [0.15, 0.2) is 55.3 Å². The lowest BCUT2D eigenvalue weighted by molar-refractivity contribution is 0.257. The number of ether oxygens (including phenoxy) is 1. The molecule has 0 amide bonds. The maximum atomic E-state index is 5.75. The highest BCUT2D eigenvalue weighted by Gasteiger charge is 2.07. The molecule has 0 aliphatic heterocycles. The highest BCUT2D eigenvalue weighted by Crippen LogP contribution is 2.27. The topological polar surface area (TPSA) is 51.1 Å². The number of likely N-dealkylation sites (N-methyl/N-ethyl adjacent to an activating group) is 1. The molecule has 0 radical (unpaired) electrons. The van der Waals surface area contributed by atoms with Gasteiger partial charge in [-0.1, -0.05) is 46.4 Å². The maximum absolute atomic E-state index is 5.75. The third kappa shape index (κ3) is 6.86. The second-order valence-corrected chi connectivity index (χ2v) is 6.14. The van der Waals surface area contributed by atoms with E-state index in [0.717, 1.165) is 39.8 Å². The second kappa shape index (κ2) is 12.5. The van der Waals surface area contributed by atoms with Crippen molar-refractivity contribution < 1.29 is 4.74 Å². The van der Waals surface area contributed by atoms with E-state index in [9.17, 15) is 0 Å². The minimum Gasteiger partial charge on any atom is -0.476 e. The van der Waals surface area contributed by atoms with Crippen LogP contribution in [0, 0.1) is 6.92 Å². The van der Waals surface area contributed by atoms with Crippen molar-refractivity contribution in [1.82, 2.24) is 19.9 Å². The standard InChI is InChI=1S/C20H22N4O.2C2H6/c1-14(2)24(4)7-8-25-20-9-15(3)18(12-22-20)16-5-6-17-11-21-13-23-19(17)10-16;2*1-2/h5-6,9-13H,1,7-8H2,2-4H3;2*1-2H3. The number of benzene rings is 1. The van der Waals surface area contributed by atoms with Crippen LogP contribution in [0.2, 0.25) is 0 Å². The average molecular weight is 395 g/mol. The van der Waals surface area contributed by atoms with E-state index in [0.29, 0.717) is 12.5 Å². The first-order valence-corrected chi connectivity index (χ1v) is 10.2. The van der Waals surface area contributed by atoms with Gasteiger partial charge in [-0.15, -0.1) is 0 Å². The summed E-state index contributed by atoms with van der Waals surface area (Å²) in [6, 6.07) is 8.13. The molecule has 0 aliphatic carbocycles. The Labute approximate surface area is 175 Å². The largest absolute Gasteiger partial charge is 0.476 e. The molecule has 3 rings (SSSR count). The Kier molecular flexibility index (Phi) is 10.4. The van der Waals surface area contributed by atoms with Gasteiger partial charge in [0.05, 0.1) is 12.1 Å². The molecule has 2 aromatic heterocycles. The zero-order chi connectivity index (χ0) is 21.8. The number of fused-ring (bicyclic) bond motifs is 1. The van der Waals surface area contributed by atoms with Crippen LogP contribution in [0.4, 0.5) is 0 Å². The molecule has 0 saturated heterocycles. The molecule has 2 heterocycles. The van der Waals surface area contributed by atoms with Crippen molar-refractivity contribution in [3.8, 4) is 17.0 Å². The Hall–Kier alpha value is -2.95. The van der Waals surface area contributed by atoms with E-state index in [1.54, 1.807) is 6.33 Å². The zero-order valence-electron chi connectivity index (χ0n) is 18.9. The zero-order valence-corrected chi connectivity index (χ0v) is 18.9. The van der Waals surface area contributed by atoms with Crippen LogP contribution < -0.4 is 4.74 Å². The molecular formula is C24H34N4O. The lowest BCUT2D eigenvalue weighted by atomic mass is 10.0. The first-order valence-electron chi connectivity index (χ1n) is 10.2. The van der Waals surface area contributed by atoms with Gasteiger partial charge in [-0.25, -0.2) is 15.0 Å². The van der Waals surface area contributed by atoms with Crippen molar-refractivity contribution >= 4 is 10.9 Å². The van der Waals surface area contributed by atoms with Gasteiger partial charge in [-0.05, 0) is 31.0 Å². The number of nitrogens with zero attached hydrogens (tertiary/aromatic N) is 4. The summed E-state index contributed by atoms with van der Waals surface area (Å²) < 4.78 is 5.75. The molecule has 1 aromatic carbocycles. The van der Waals surface area contributed by atoms with Crippen molar-refractivity contribution in [3.05, 3.63) is 60.8 Å². The number of aromatic nitrogens is 3. The summed E-state index contributed by atoms with van der Waals surface area (Å²) >= 11 is 0. The molecule has 156 valence electrons. The van der Waals surface area contributed by atoms with Gasteiger partial charge >= 0.3 is 0 Å². The van der Waals surface area contributed by atoms with Gasteiger partial charge in [-0.2, -0.15) is 0 Å². The molecule has 0 bridgehead atoms. The summed E-state index contributed by atoms with van der Waals surface area (Å²) in [6.45, 7) is 17.3. The van der Waals surface area contributed by atoms with Crippen molar-refractivity contribution in [2.45, 2.75) is 41.5 Å². The van der Waals surface area contributed by atoms with E-state index < -0.39 is 0 Å². The van der Waals surface area contributed by atoms with Crippen LogP contribution in [0.25, 0.3) is 22.0 Å². The van der Waals surface area contributed by atoms with Gasteiger partial charge in [0.2, 0.25) is 5.88 Å². The highest BCUT2D eigenvalue weighted by atomic mass is 16.5. The summed E-state index contributed by atoms with van der Waals surface area (Å²) in [7, 11) is 2.00. The summed E-state index contributed by atoms with van der Waals surface area (Å²) in [4.78, 5) is 14.9. The minimum absolute atomic E-state index is 0.571. The third-order valence-electron chi connectivity index (χ3n) is 4.23. The van der Waals surface area contributed by atoms with Gasteiger partial charge in [0, 0.05) is 42.2 Å². The molecular weight excluding hydrogens is 360 g/mol. The Morgan fingerprint density at radius 2 is 1.79 bits per heavy atom. The van der Waals surface area contributed by atoms with E-state index in [1.807, 2.05) is 66.2 Å². The first kappa shape index (κ1) is 24.1. The molecule has 5 nitrogen and oxygen atoms in total. The van der Waals surface area contributed by atoms with Crippen LogP contribution in [0.5, 0.6) is 5.88 Å². The lowest BCUT2D eigenvalue weighted by Gasteiger charge is -2.18. The molecule has 0 unspecified atom stereocenters. The predicted octanol–water partition coefficient (Wildman–Crippen LogP) is 5.90. The number of allylic oxidation sites excluding steroid dienone is 1. The van der Waals surface area contributed by atoms with E-state index in [4.69, 9.17) is 4.74 Å². The molecule has 0 fully saturated rings. The number of hydrogen-bond donors (Lipinski definition) is 0. The van der Waals surface area contributed by atoms with Crippen LogP contribution in [-0.2, 0) is 0 Å². The summed E-state index contributed by atoms with van der Waals surface area (Å²) in [5.41, 5.74) is 5.22. The minimum atomic E-state index is 0.571. The number of pyridine rings is 1. The molecule has 0 atom stereocenters. The monoisotopic (exact) mass is 394 g/mol. The SMILES string of the molecule is C=C(C)N(C)CCOc1cc(C)c(-c2ccc3cncnc3c2)cn1.CC.CC. The quantitative estimate of drug-likeness (QED) is 0.521. The van der Waals surface area contributed by atoms with Crippen LogP contribution in [0.3, 0.4) is 0 Å². The van der Waals surface area contributed by atoms with Crippen molar-refractivity contribution in [2.24, 2.45) is 0 Å². The van der Waals surface area contributed by atoms with Crippen molar-refractivity contribution in [1.29, 1.82) is 0 Å². The van der Waals surface area contributed by atoms with E-state index >= 15 is 0 Å². The molecule has 5 heteroatoms. The molecule has 0 saturated carbocycles. The highest BCUT2D eigenvalue weighted by molar-refractivity contribution is 5.83. The van der Waals surface area contributed by atoms with E-state index in [2.05, 4.69) is 45.5 Å². The second-order valence-electron chi connectivity index (χ2n) is 6.14. The summed E-state index contributed by atoms with van der Waals surface area (Å²) in [5.74, 6) is 0.638. The lowest BCUT2D eigenvalue weighted by Crippen LogP contribution is -2.22. The number of hydrogen-bond acceptors (Lipinski definition) is 5. The van der Waals surface area contributed by atoms with Crippen LogP contribution in [0.1, 0.15) is 40.2 Å². The fraction of sp³-hybridized carbons (Fsp3) is 0.375. The van der Waals surface area contributed by atoms with Gasteiger partial charge in [0.25, 0.3) is 0 Å². The van der Waals surface area contributed by atoms with E-state index in [-0.39, 0.29) is 0 Å². The third-order valence-corrected chi connectivity index (χ3v) is 4.23. The summed E-state index contributed by atoms with van der Waals surface area (Å²) in [6.07, 6.45) is 5.24. The van der Waals surface area contributed by atoms with Crippen molar-refractivity contribution in [2.75, 3.05) is 20.2 Å². The first-order chi connectivity index (χ1) is 14.0. The van der Waals surface area contributed by atoms with Gasteiger partial charge in [0.1, 0.15) is 12.9 Å². The maximum Gasteiger partial charge on any atom is 0.213 e. The van der Waals surface area contributed by atoms with Gasteiger partial charge < -0.3 is 9.64 Å². The number of aryl methyl sites for hydroxylation is 1.